The Bertz CT molecular complexity index is 869. The quantitative estimate of drug-likeness (QED) is 0.724. The van der Waals surface area contributed by atoms with Crippen molar-refractivity contribution < 1.29 is 19.0 Å². The monoisotopic (exact) mass is 396 g/mol. The second-order valence-corrected chi connectivity index (χ2v) is 7.94. The van der Waals surface area contributed by atoms with Crippen LogP contribution < -0.4 is 9.80 Å². The zero-order valence-corrected chi connectivity index (χ0v) is 17.1. The van der Waals surface area contributed by atoms with Crippen LogP contribution in [0, 0.1) is 17.1 Å². The lowest BCUT2D eigenvalue weighted by Gasteiger charge is -2.34. The van der Waals surface area contributed by atoms with Gasteiger partial charge in [-0.3, -0.25) is 4.79 Å². The molecule has 3 rings (SSSR count). The van der Waals surface area contributed by atoms with Gasteiger partial charge in [-0.15, -0.1) is 0 Å². The second-order valence-electron chi connectivity index (χ2n) is 7.94. The highest BCUT2D eigenvalue weighted by atomic mass is 19.1. The van der Waals surface area contributed by atoms with Crippen LogP contribution in [-0.2, 0) is 17.9 Å². The van der Waals surface area contributed by atoms with E-state index in [1.54, 1.807) is 18.0 Å². The normalized spacial score (nSPS) is 19.9. The number of nitriles is 1. The minimum Gasteiger partial charge on any atom is -0.336 e. The fourth-order valence-electron chi connectivity index (χ4n) is 4.01. The van der Waals surface area contributed by atoms with Gasteiger partial charge < -0.3 is 14.7 Å². The smallest absolute Gasteiger partial charge is 0.280 e. The average molecular weight is 397 g/mol. The Balaban J connectivity index is 1.48. The fraction of sp³-hybridized carbons (Fsp3) is 0.391. The standard InChI is InChI=1S/C23H27FN4O/c1-18(23(29)26(2)16-21-4-3-5-22(24)14-21)28-12-10-27(11-13-28)17-20-8-6-19(15-25)7-9-20/h3-9,14,18H,10-13,16-17H2,1-2H3/p+2/t18-/m0/s1. The van der Waals surface area contributed by atoms with Gasteiger partial charge in [-0.1, -0.05) is 24.3 Å². The van der Waals surface area contributed by atoms with Gasteiger partial charge in [-0.05, 0) is 36.8 Å². The molecule has 1 heterocycles. The first-order chi connectivity index (χ1) is 14.0. The van der Waals surface area contributed by atoms with Crippen molar-refractivity contribution in [2.24, 2.45) is 0 Å². The summed E-state index contributed by atoms with van der Waals surface area (Å²) in [5.74, 6) is -0.178. The molecule has 0 radical (unpaired) electrons. The molecule has 1 fully saturated rings. The van der Waals surface area contributed by atoms with E-state index in [0.29, 0.717) is 12.1 Å². The summed E-state index contributed by atoms with van der Waals surface area (Å²) in [5, 5.41) is 8.90. The van der Waals surface area contributed by atoms with E-state index in [1.165, 1.54) is 27.5 Å². The summed E-state index contributed by atoms with van der Waals surface area (Å²) in [4.78, 5) is 17.4. The van der Waals surface area contributed by atoms with E-state index in [-0.39, 0.29) is 17.8 Å². The summed E-state index contributed by atoms with van der Waals surface area (Å²) in [6, 6.07) is 16.2. The molecule has 2 aromatic rings. The number of hydrogen-bond acceptors (Lipinski definition) is 2. The molecular formula is C23H29FN4O+2. The molecule has 6 heteroatoms. The molecule has 0 spiro atoms. The molecule has 0 aliphatic carbocycles. The fourth-order valence-corrected chi connectivity index (χ4v) is 4.01. The van der Waals surface area contributed by atoms with Crippen molar-refractivity contribution >= 4 is 5.91 Å². The molecule has 152 valence electrons. The third-order valence-corrected chi connectivity index (χ3v) is 5.80. The number of hydrogen-bond donors (Lipinski definition) is 2. The third-order valence-electron chi connectivity index (χ3n) is 5.80. The zero-order valence-electron chi connectivity index (χ0n) is 17.1. The van der Waals surface area contributed by atoms with Gasteiger partial charge in [0.15, 0.2) is 6.04 Å². The Morgan fingerprint density at radius 1 is 1.14 bits per heavy atom. The SMILES string of the molecule is C[C@@H](C(=O)N(C)Cc1cccc(F)c1)[NH+]1CC[NH+](Cc2ccc(C#N)cc2)CC1. The highest BCUT2D eigenvalue weighted by Gasteiger charge is 2.32. The number of nitrogens with zero attached hydrogens (tertiary/aromatic N) is 2. The van der Waals surface area contributed by atoms with Gasteiger partial charge in [-0.2, -0.15) is 5.26 Å². The summed E-state index contributed by atoms with van der Waals surface area (Å²) < 4.78 is 13.4. The Kier molecular flexibility index (Phi) is 6.97. The molecule has 1 atom stereocenters. The van der Waals surface area contributed by atoms with Crippen LogP contribution in [0.1, 0.15) is 23.6 Å². The molecule has 29 heavy (non-hydrogen) atoms. The number of benzene rings is 2. The van der Waals surface area contributed by atoms with Crippen LogP contribution in [0.2, 0.25) is 0 Å². The van der Waals surface area contributed by atoms with E-state index in [1.807, 2.05) is 37.3 Å². The molecule has 1 saturated heterocycles. The van der Waals surface area contributed by atoms with Crippen LogP contribution in [-0.4, -0.2) is 50.1 Å². The predicted molar refractivity (Wildman–Crippen MR) is 109 cm³/mol. The van der Waals surface area contributed by atoms with Gasteiger partial charge in [0.1, 0.15) is 38.5 Å². The Morgan fingerprint density at radius 2 is 1.83 bits per heavy atom. The van der Waals surface area contributed by atoms with Crippen molar-refractivity contribution in [1.82, 2.24) is 4.90 Å². The first kappa shape index (κ1) is 21.0. The Labute approximate surface area is 171 Å². The van der Waals surface area contributed by atoms with Crippen LogP contribution in [0.3, 0.4) is 0 Å². The number of halogens is 1. The molecule has 1 aliphatic rings. The maximum Gasteiger partial charge on any atom is 0.280 e. The van der Waals surface area contributed by atoms with Gasteiger partial charge in [0, 0.05) is 19.2 Å². The van der Waals surface area contributed by atoms with E-state index in [9.17, 15) is 9.18 Å². The number of quaternary nitrogens is 2. The van der Waals surface area contributed by atoms with Crippen LogP contribution in [0.5, 0.6) is 0 Å². The molecular weight excluding hydrogens is 367 g/mol. The molecule has 5 nitrogen and oxygen atoms in total. The predicted octanol–water partition coefficient (Wildman–Crippen LogP) is 0.0279. The molecule has 1 aliphatic heterocycles. The Morgan fingerprint density at radius 3 is 2.45 bits per heavy atom. The first-order valence-electron chi connectivity index (χ1n) is 10.1. The Hall–Kier alpha value is -2.75. The molecule has 0 saturated carbocycles. The van der Waals surface area contributed by atoms with Gasteiger partial charge in [-0.25, -0.2) is 4.39 Å². The highest BCUT2D eigenvalue weighted by Crippen LogP contribution is 2.07. The van der Waals surface area contributed by atoms with E-state index < -0.39 is 0 Å². The van der Waals surface area contributed by atoms with E-state index in [0.717, 1.165) is 38.3 Å². The zero-order chi connectivity index (χ0) is 20.8. The molecule has 2 N–H and O–H groups in total. The van der Waals surface area contributed by atoms with E-state index in [4.69, 9.17) is 5.26 Å². The van der Waals surface area contributed by atoms with Crippen LogP contribution in [0.4, 0.5) is 4.39 Å². The summed E-state index contributed by atoms with van der Waals surface area (Å²) in [6.07, 6.45) is 0. The lowest BCUT2D eigenvalue weighted by Crippen LogP contribution is -3.29. The highest BCUT2D eigenvalue weighted by molar-refractivity contribution is 5.79. The van der Waals surface area contributed by atoms with E-state index in [2.05, 4.69) is 6.07 Å². The van der Waals surface area contributed by atoms with Gasteiger partial charge in [0.05, 0.1) is 11.6 Å². The average Bonchev–Trinajstić information content (AvgIpc) is 2.74. The minimum absolute atomic E-state index is 0.0970. The number of piperazine rings is 1. The van der Waals surface area contributed by atoms with Crippen LogP contribution >= 0.6 is 0 Å². The van der Waals surface area contributed by atoms with Gasteiger partial charge in [0.25, 0.3) is 5.91 Å². The molecule has 0 aromatic heterocycles. The maximum atomic E-state index is 13.4. The second kappa shape index (κ2) is 9.64. The third kappa shape index (κ3) is 5.63. The number of carbonyl (C=O) groups excluding carboxylic acids is 1. The number of nitrogens with one attached hydrogen (secondary N) is 2. The molecule has 1 amide bonds. The number of rotatable bonds is 6. The van der Waals surface area contributed by atoms with Gasteiger partial charge >= 0.3 is 0 Å². The number of amides is 1. The van der Waals surface area contributed by atoms with Gasteiger partial charge in [0.2, 0.25) is 0 Å². The summed E-state index contributed by atoms with van der Waals surface area (Å²) in [7, 11) is 1.79. The minimum atomic E-state index is -0.275. The summed E-state index contributed by atoms with van der Waals surface area (Å²) in [6.45, 7) is 7.29. The molecule has 0 unspecified atom stereocenters. The molecule has 2 aromatic carbocycles. The van der Waals surface area contributed by atoms with E-state index >= 15 is 0 Å². The van der Waals surface area contributed by atoms with Crippen molar-refractivity contribution in [2.75, 3.05) is 33.2 Å². The largest absolute Gasteiger partial charge is 0.336 e. The lowest BCUT2D eigenvalue weighted by atomic mass is 10.1. The molecule has 0 bridgehead atoms. The lowest BCUT2D eigenvalue weighted by molar-refractivity contribution is -1.02. The van der Waals surface area contributed by atoms with Crippen LogP contribution in [0.15, 0.2) is 48.5 Å². The first-order valence-corrected chi connectivity index (χ1v) is 10.1. The van der Waals surface area contributed by atoms with Crippen molar-refractivity contribution in [1.29, 1.82) is 5.26 Å². The summed E-state index contributed by atoms with van der Waals surface area (Å²) >= 11 is 0. The van der Waals surface area contributed by atoms with Crippen molar-refractivity contribution in [3.05, 3.63) is 71.0 Å². The maximum absolute atomic E-state index is 13.4. The summed E-state index contributed by atoms with van der Waals surface area (Å²) in [5.41, 5.74) is 2.73. The number of carbonyl (C=O) groups is 1. The van der Waals surface area contributed by atoms with Crippen LogP contribution in [0.25, 0.3) is 0 Å². The van der Waals surface area contributed by atoms with Crippen molar-refractivity contribution in [2.45, 2.75) is 26.1 Å². The number of likely N-dealkylation sites (N-methyl/N-ethyl adjacent to an activating group) is 1. The van der Waals surface area contributed by atoms with Crippen molar-refractivity contribution in [3.8, 4) is 6.07 Å². The van der Waals surface area contributed by atoms with Crippen molar-refractivity contribution in [3.63, 3.8) is 0 Å². The topological polar surface area (TPSA) is 53.0 Å².